The maximum atomic E-state index is 13.0. The van der Waals surface area contributed by atoms with Crippen LogP contribution in [0, 0.1) is 6.92 Å². The first-order chi connectivity index (χ1) is 14.1. The molecule has 2 aromatic carbocycles. The highest BCUT2D eigenvalue weighted by Gasteiger charge is 2.46. The second-order valence-corrected chi connectivity index (χ2v) is 6.13. The molecule has 30 heavy (non-hydrogen) atoms. The number of aryl methyl sites for hydroxylation is 1. The van der Waals surface area contributed by atoms with E-state index in [1.165, 1.54) is 6.07 Å². The summed E-state index contributed by atoms with van der Waals surface area (Å²) in [6, 6.07) is 14.1. The molecule has 3 aromatic rings. The van der Waals surface area contributed by atoms with Crippen molar-refractivity contribution in [2.24, 2.45) is 11.5 Å². The van der Waals surface area contributed by atoms with Gasteiger partial charge >= 0.3 is 6.18 Å². The number of rotatable bonds is 5. The van der Waals surface area contributed by atoms with Crippen LogP contribution in [0.3, 0.4) is 0 Å². The summed E-state index contributed by atoms with van der Waals surface area (Å²) in [5, 5.41) is 0.502. The number of para-hydroxylation sites is 1. The van der Waals surface area contributed by atoms with Crippen molar-refractivity contribution in [1.82, 2.24) is 4.57 Å². The number of aldehydes is 1. The number of hydrogen-bond donors (Lipinski definition) is 2. The first kappa shape index (κ1) is 22.5. The summed E-state index contributed by atoms with van der Waals surface area (Å²) in [6.07, 6.45) is -5.72. The Kier molecular flexibility index (Phi) is 6.83. The average molecular weight is 421 g/mol. The van der Waals surface area contributed by atoms with Crippen LogP contribution < -0.4 is 16.2 Å². The molecule has 0 aliphatic rings. The molecule has 4 N–H and O–H groups in total. The van der Waals surface area contributed by atoms with Crippen molar-refractivity contribution in [1.29, 1.82) is 0 Å². The Morgan fingerprint density at radius 3 is 2.17 bits per heavy atom. The molecule has 0 saturated carbocycles. The Balaban J connectivity index is 0.000000575. The van der Waals surface area contributed by atoms with E-state index in [9.17, 15) is 22.8 Å². The Bertz CT molecular complexity index is 1060. The Labute approximate surface area is 169 Å². The van der Waals surface area contributed by atoms with Crippen LogP contribution in [0.2, 0.25) is 0 Å². The highest BCUT2D eigenvalue weighted by molar-refractivity contribution is 6.22. The molecule has 1 heterocycles. The maximum absolute atomic E-state index is 13.0. The predicted molar refractivity (Wildman–Crippen MR) is 103 cm³/mol. The van der Waals surface area contributed by atoms with Gasteiger partial charge in [-0.15, -0.1) is 0 Å². The van der Waals surface area contributed by atoms with Gasteiger partial charge in [-0.25, -0.2) is 0 Å². The van der Waals surface area contributed by atoms with Crippen molar-refractivity contribution >= 4 is 29.0 Å². The van der Waals surface area contributed by atoms with E-state index >= 15 is 0 Å². The van der Waals surface area contributed by atoms with E-state index in [1.807, 2.05) is 34.9 Å². The van der Waals surface area contributed by atoms with E-state index < -0.39 is 24.1 Å². The molecule has 0 bridgehead atoms. The van der Waals surface area contributed by atoms with Crippen LogP contribution in [0.4, 0.5) is 13.2 Å². The summed E-state index contributed by atoms with van der Waals surface area (Å²) in [7, 11) is 0. The third-order valence-corrected chi connectivity index (χ3v) is 3.93. The zero-order valence-electron chi connectivity index (χ0n) is 15.7. The normalized spacial score (nSPS) is 11.9. The van der Waals surface area contributed by atoms with Gasteiger partial charge in [0.15, 0.2) is 0 Å². The minimum atomic E-state index is -4.89. The van der Waals surface area contributed by atoms with E-state index in [2.05, 4.69) is 5.73 Å². The average Bonchev–Trinajstić information content (AvgIpc) is 3.03. The van der Waals surface area contributed by atoms with E-state index in [0.717, 1.165) is 11.3 Å². The van der Waals surface area contributed by atoms with Crippen LogP contribution in [-0.4, -0.2) is 34.9 Å². The number of primary amides is 2. The molecule has 0 aliphatic heterocycles. The fourth-order valence-corrected chi connectivity index (χ4v) is 2.76. The van der Waals surface area contributed by atoms with Gasteiger partial charge in [-0.3, -0.25) is 14.4 Å². The number of benzene rings is 2. The lowest BCUT2D eigenvalue weighted by molar-refractivity contribution is -0.196. The van der Waals surface area contributed by atoms with Crippen LogP contribution in [0.1, 0.15) is 5.56 Å². The number of halogens is 3. The Morgan fingerprint density at radius 1 is 1.07 bits per heavy atom. The topological polar surface area (TPSA) is 117 Å². The highest BCUT2D eigenvalue weighted by atomic mass is 19.4. The third-order valence-electron chi connectivity index (χ3n) is 3.93. The summed E-state index contributed by atoms with van der Waals surface area (Å²) in [4.78, 5) is 29.4. The monoisotopic (exact) mass is 421 g/mol. The molecule has 10 heteroatoms. The van der Waals surface area contributed by atoms with Crippen molar-refractivity contribution in [2.75, 3.05) is 0 Å². The molecule has 1 aromatic heterocycles. The number of fused-ring (bicyclic) bond motifs is 1. The van der Waals surface area contributed by atoms with Gasteiger partial charge in [-0.2, -0.15) is 13.2 Å². The van der Waals surface area contributed by atoms with Crippen LogP contribution in [0.15, 0.2) is 54.7 Å². The van der Waals surface area contributed by atoms with Crippen molar-refractivity contribution in [3.8, 4) is 11.4 Å². The van der Waals surface area contributed by atoms with Gasteiger partial charge in [0.2, 0.25) is 6.29 Å². The third kappa shape index (κ3) is 5.16. The molecule has 1 unspecified atom stereocenters. The van der Waals surface area contributed by atoms with Crippen LogP contribution in [0.5, 0.6) is 5.75 Å². The molecule has 0 spiro atoms. The minimum absolute atomic E-state index is 0.0363. The van der Waals surface area contributed by atoms with Crippen LogP contribution in [-0.2, 0) is 14.4 Å². The molecular formula is C20H18F3N3O4. The number of nitrogens with two attached hydrogens (primary N) is 2. The Morgan fingerprint density at radius 2 is 1.67 bits per heavy atom. The molecule has 0 fully saturated rings. The van der Waals surface area contributed by atoms with E-state index in [1.54, 1.807) is 25.3 Å². The molecule has 0 aliphatic carbocycles. The predicted octanol–water partition coefficient (Wildman–Crippen LogP) is 2.40. The molecular weight excluding hydrogens is 403 g/mol. The molecule has 0 radical (unpaired) electrons. The standard InChI is InChI=1S/C18H15F3N2O2.C2H3NO2/c1-11-10-23(12-6-3-2-4-7-12)13-8-5-9-14(15(11)13)25-16(17(22)24)18(19,20)21;3-2(5)1-4/h2-10,16H,1H3,(H2,22,24);1H,(H2,3,5). The lowest BCUT2D eigenvalue weighted by Crippen LogP contribution is -2.45. The number of amides is 2. The molecule has 2 amide bonds. The van der Waals surface area contributed by atoms with Gasteiger partial charge in [-0.1, -0.05) is 24.3 Å². The molecule has 0 saturated heterocycles. The van der Waals surface area contributed by atoms with Crippen LogP contribution in [0.25, 0.3) is 16.6 Å². The summed E-state index contributed by atoms with van der Waals surface area (Å²) in [6.45, 7) is 1.77. The van der Waals surface area contributed by atoms with Gasteiger partial charge in [0.05, 0.1) is 5.52 Å². The van der Waals surface area contributed by atoms with Crippen molar-refractivity contribution < 1.29 is 32.3 Å². The zero-order valence-corrected chi connectivity index (χ0v) is 15.7. The second-order valence-electron chi connectivity index (χ2n) is 6.13. The summed E-state index contributed by atoms with van der Waals surface area (Å²) >= 11 is 0. The van der Waals surface area contributed by atoms with Gasteiger partial charge in [-0.05, 0) is 36.8 Å². The second kappa shape index (κ2) is 9.12. The summed E-state index contributed by atoms with van der Waals surface area (Å²) in [5.41, 5.74) is 11.4. The first-order valence-corrected chi connectivity index (χ1v) is 8.49. The summed E-state index contributed by atoms with van der Waals surface area (Å²) in [5.74, 6) is -2.54. The van der Waals surface area contributed by atoms with E-state index in [-0.39, 0.29) is 12.0 Å². The van der Waals surface area contributed by atoms with Crippen molar-refractivity contribution in [2.45, 2.75) is 19.2 Å². The number of ether oxygens (including phenoxy) is 1. The van der Waals surface area contributed by atoms with E-state index in [4.69, 9.17) is 15.3 Å². The quantitative estimate of drug-likeness (QED) is 0.486. The van der Waals surface area contributed by atoms with Gasteiger partial charge < -0.3 is 20.8 Å². The number of nitrogens with zero attached hydrogens (tertiary/aromatic N) is 1. The first-order valence-electron chi connectivity index (χ1n) is 8.49. The highest BCUT2D eigenvalue weighted by Crippen LogP contribution is 2.34. The number of alkyl halides is 3. The lowest BCUT2D eigenvalue weighted by Gasteiger charge is -2.19. The smallest absolute Gasteiger partial charge is 0.434 e. The molecule has 7 nitrogen and oxygen atoms in total. The zero-order chi connectivity index (χ0) is 22.5. The van der Waals surface area contributed by atoms with Gasteiger partial charge in [0.25, 0.3) is 17.9 Å². The largest absolute Gasteiger partial charge is 0.470 e. The Hall–Kier alpha value is -3.82. The van der Waals surface area contributed by atoms with Gasteiger partial charge in [0.1, 0.15) is 5.75 Å². The fraction of sp³-hybridized carbons (Fsp3) is 0.150. The van der Waals surface area contributed by atoms with Gasteiger partial charge in [0, 0.05) is 17.3 Å². The number of hydrogen-bond acceptors (Lipinski definition) is 4. The SMILES string of the molecule is Cc1cn(-c2ccccc2)c2cccc(OC(C(N)=O)C(F)(F)F)c12.NC(=O)C=O. The fourth-order valence-electron chi connectivity index (χ4n) is 2.76. The van der Waals surface area contributed by atoms with Crippen LogP contribution >= 0.6 is 0 Å². The molecule has 158 valence electrons. The van der Waals surface area contributed by atoms with E-state index in [0.29, 0.717) is 10.9 Å². The number of carbonyl (C=O) groups is 3. The summed E-state index contributed by atoms with van der Waals surface area (Å²) < 4.78 is 45.8. The molecule has 3 rings (SSSR count). The lowest BCUT2D eigenvalue weighted by atomic mass is 10.1. The minimum Gasteiger partial charge on any atom is -0.470 e. The molecule has 1 atom stereocenters. The van der Waals surface area contributed by atoms with Crippen molar-refractivity contribution in [3.63, 3.8) is 0 Å². The van der Waals surface area contributed by atoms with Crippen molar-refractivity contribution in [3.05, 3.63) is 60.3 Å². The number of carbonyl (C=O) groups excluding carboxylic acids is 3. The number of aromatic nitrogens is 1. The maximum Gasteiger partial charge on any atom is 0.434 e.